The van der Waals surface area contributed by atoms with E-state index in [-0.39, 0.29) is 30.8 Å². The highest BCUT2D eigenvalue weighted by atomic mass is 32.2. The van der Waals surface area contributed by atoms with Gasteiger partial charge in [-0.3, -0.25) is 0 Å². The minimum Gasteiger partial charge on any atom is -0.379 e. The molecule has 24 heavy (non-hydrogen) atoms. The molecule has 6 heteroatoms. The Morgan fingerprint density at radius 2 is 1.83 bits per heavy atom. The van der Waals surface area contributed by atoms with Crippen molar-refractivity contribution in [3.63, 3.8) is 0 Å². The second-order valence-corrected chi connectivity index (χ2v) is 7.95. The standard InChI is InChI=1S/C18H20FNO3S/c19-17-8-4-7-16(11-17)13-20-18(12-15-5-2-1-3-6-15)14-23-9-10-24(20,21)22/h1-8,11,18H,9-10,12-14H2/t18-/m0/s1. The van der Waals surface area contributed by atoms with Gasteiger partial charge < -0.3 is 4.74 Å². The molecule has 1 saturated heterocycles. The van der Waals surface area contributed by atoms with E-state index in [4.69, 9.17) is 4.74 Å². The van der Waals surface area contributed by atoms with Gasteiger partial charge in [-0.2, -0.15) is 4.31 Å². The van der Waals surface area contributed by atoms with Crippen molar-refractivity contribution in [2.24, 2.45) is 0 Å². The quantitative estimate of drug-likeness (QED) is 0.852. The molecule has 0 unspecified atom stereocenters. The molecule has 0 saturated carbocycles. The van der Waals surface area contributed by atoms with E-state index in [9.17, 15) is 12.8 Å². The lowest BCUT2D eigenvalue weighted by atomic mass is 10.1. The smallest absolute Gasteiger partial charge is 0.217 e. The Hall–Kier alpha value is -1.76. The number of nitrogens with zero attached hydrogens (tertiary/aromatic N) is 1. The second-order valence-electron chi connectivity index (χ2n) is 5.91. The van der Waals surface area contributed by atoms with Crippen LogP contribution in [0, 0.1) is 5.82 Å². The highest BCUT2D eigenvalue weighted by Crippen LogP contribution is 2.21. The van der Waals surface area contributed by atoms with E-state index in [1.807, 2.05) is 30.3 Å². The van der Waals surface area contributed by atoms with Crippen LogP contribution in [0.15, 0.2) is 54.6 Å². The van der Waals surface area contributed by atoms with Crippen molar-refractivity contribution >= 4 is 10.0 Å². The molecule has 0 aliphatic carbocycles. The Morgan fingerprint density at radius 1 is 1.08 bits per heavy atom. The van der Waals surface area contributed by atoms with Crippen LogP contribution in [0.25, 0.3) is 0 Å². The van der Waals surface area contributed by atoms with E-state index >= 15 is 0 Å². The monoisotopic (exact) mass is 349 g/mol. The molecule has 3 rings (SSSR count). The van der Waals surface area contributed by atoms with Crippen molar-refractivity contribution in [3.8, 4) is 0 Å². The summed E-state index contributed by atoms with van der Waals surface area (Å²) >= 11 is 0. The summed E-state index contributed by atoms with van der Waals surface area (Å²) in [7, 11) is -3.45. The fraction of sp³-hybridized carbons (Fsp3) is 0.333. The molecule has 1 aliphatic heterocycles. The third-order valence-corrected chi connectivity index (χ3v) is 5.93. The van der Waals surface area contributed by atoms with Crippen molar-refractivity contribution in [2.75, 3.05) is 19.0 Å². The average Bonchev–Trinajstić information content (AvgIpc) is 2.69. The zero-order valence-electron chi connectivity index (χ0n) is 13.3. The molecule has 0 aromatic heterocycles. The van der Waals surface area contributed by atoms with Crippen molar-refractivity contribution in [1.82, 2.24) is 4.31 Å². The Labute approximate surface area is 141 Å². The van der Waals surface area contributed by atoms with E-state index in [1.54, 1.807) is 12.1 Å². The van der Waals surface area contributed by atoms with E-state index in [2.05, 4.69) is 0 Å². The molecule has 4 nitrogen and oxygen atoms in total. The number of hydrogen-bond donors (Lipinski definition) is 0. The van der Waals surface area contributed by atoms with E-state index in [0.717, 1.165) is 5.56 Å². The molecule has 0 spiro atoms. The largest absolute Gasteiger partial charge is 0.379 e. The van der Waals surface area contributed by atoms with Crippen LogP contribution in [0.3, 0.4) is 0 Å². The minimum atomic E-state index is -3.45. The number of halogens is 1. The molecule has 128 valence electrons. The van der Waals surface area contributed by atoms with Gasteiger partial charge >= 0.3 is 0 Å². The summed E-state index contributed by atoms with van der Waals surface area (Å²) in [6.45, 7) is 0.678. The first kappa shape index (κ1) is 17.1. The van der Waals surface area contributed by atoms with E-state index in [1.165, 1.54) is 16.4 Å². The molecule has 1 heterocycles. The Bertz CT molecular complexity index is 780. The first-order chi connectivity index (χ1) is 11.5. The van der Waals surface area contributed by atoms with Crippen LogP contribution in [0.4, 0.5) is 4.39 Å². The van der Waals surface area contributed by atoms with Gasteiger partial charge in [-0.05, 0) is 29.7 Å². The predicted molar refractivity (Wildman–Crippen MR) is 90.5 cm³/mol. The number of sulfonamides is 1. The molecule has 1 atom stereocenters. The molecule has 0 radical (unpaired) electrons. The zero-order valence-corrected chi connectivity index (χ0v) is 14.1. The third kappa shape index (κ3) is 4.20. The molecule has 2 aromatic rings. The van der Waals surface area contributed by atoms with Crippen LogP contribution in [0.5, 0.6) is 0 Å². The highest BCUT2D eigenvalue weighted by Gasteiger charge is 2.33. The number of benzene rings is 2. The summed E-state index contributed by atoms with van der Waals surface area (Å²) in [5.74, 6) is -0.413. The van der Waals surface area contributed by atoms with Gasteiger partial charge in [0.05, 0.1) is 25.0 Å². The van der Waals surface area contributed by atoms with Gasteiger partial charge in [-0.25, -0.2) is 12.8 Å². The van der Waals surface area contributed by atoms with Gasteiger partial charge in [0, 0.05) is 6.54 Å². The summed E-state index contributed by atoms with van der Waals surface area (Å²) in [6, 6.07) is 15.5. The molecule has 1 aliphatic rings. The number of hydrogen-bond acceptors (Lipinski definition) is 3. The van der Waals surface area contributed by atoms with Gasteiger partial charge in [0.15, 0.2) is 0 Å². The van der Waals surface area contributed by atoms with Crippen LogP contribution in [0.1, 0.15) is 11.1 Å². The maximum Gasteiger partial charge on any atom is 0.217 e. The molecule has 0 amide bonds. The molecule has 2 aromatic carbocycles. The lowest BCUT2D eigenvalue weighted by Gasteiger charge is -2.28. The zero-order chi connectivity index (χ0) is 17.0. The van der Waals surface area contributed by atoms with Crippen LogP contribution in [-0.2, 0) is 27.7 Å². The maximum atomic E-state index is 13.4. The molecular weight excluding hydrogens is 329 g/mol. The van der Waals surface area contributed by atoms with E-state index < -0.39 is 10.0 Å². The highest BCUT2D eigenvalue weighted by molar-refractivity contribution is 7.89. The van der Waals surface area contributed by atoms with Crippen LogP contribution < -0.4 is 0 Å². The SMILES string of the molecule is O=S1(=O)CCOC[C@H](Cc2ccccc2)N1Cc1cccc(F)c1. The van der Waals surface area contributed by atoms with Gasteiger partial charge in [0.25, 0.3) is 0 Å². The normalized spacial score (nSPS) is 21.3. The third-order valence-electron chi connectivity index (χ3n) is 4.10. The van der Waals surface area contributed by atoms with Gasteiger partial charge in [0.2, 0.25) is 10.0 Å². The topological polar surface area (TPSA) is 46.6 Å². The Kier molecular flexibility index (Phi) is 5.28. The summed E-state index contributed by atoms with van der Waals surface area (Å²) in [6.07, 6.45) is 0.565. The fourth-order valence-electron chi connectivity index (χ4n) is 2.90. The predicted octanol–water partition coefficient (Wildman–Crippen LogP) is 2.60. The van der Waals surface area contributed by atoms with Crippen molar-refractivity contribution < 1.29 is 17.5 Å². The van der Waals surface area contributed by atoms with Crippen LogP contribution in [-0.4, -0.2) is 37.7 Å². The van der Waals surface area contributed by atoms with Gasteiger partial charge in [-0.15, -0.1) is 0 Å². The van der Waals surface area contributed by atoms with Crippen LogP contribution in [0.2, 0.25) is 0 Å². The van der Waals surface area contributed by atoms with Gasteiger partial charge in [0.1, 0.15) is 5.82 Å². The summed E-state index contributed by atoms with van der Waals surface area (Å²) < 4.78 is 45.7. The van der Waals surface area contributed by atoms with Crippen molar-refractivity contribution in [3.05, 3.63) is 71.5 Å². The minimum absolute atomic E-state index is 0.0480. The molecule has 1 fully saturated rings. The van der Waals surface area contributed by atoms with E-state index in [0.29, 0.717) is 18.6 Å². The lowest BCUT2D eigenvalue weighted by Crippen LogP contribution is -2.42. The van der Waals surface area contributed by atoms with Crippen molar-refractivity contribution in [1.29, 1.82) is 0 Å². The molecule has 0 N–H and O–H groups in total. The fourth-order valence-corrected chi connectivity index (χ4v) is 4.40. The lowest BCUT2D eigenvalue weighted by molar-refractivity contribution is 0.109. The average molecular weight is 349 g/mol. The first-order valence-electron chi connectivity index (χ1n) is 7.90. The second kappa shape index (κ2) is 7.42. The first-order valence-corrected chi connectivity index (χ1v) is 9.51. The molecule has 0 bridgehead atoms. The van der Waals surface area contributed by atoms with Crippen LogP contribution >= 0.6 is 0 Å². The number of ether oxygens (including phenoxy) is 1. The Balaban J connectivity index is 1.88. The summed E-state index contributed by atoms with van der Waals surface area (Å²) in [5.41, 5.74) is 1.69. The molecular formula is C18H20FNO3S. The van der Waals surface area contributed by atoms with Gasteiger partial charge in [-0.1, -0.05) is 42.5 Å². The summed E-state index contributed by atoms with van der Waals surface area (Å²) in [4.78, 5) is 0. The maximum absolute atomic E-state index is 13.4. The Morgan fingerprint density at radius 3 is 2.58 bits per heavy atom. The van der Waals surface area contributed by atoms with Crippen molar-refractivity contribution in [2.45, 2.75) is 19.0 Å². The summed E-state index contributed by atoms with van der Waals surface area (Å²) in [5, 5.41) is 0. The number of rotatable bonds is 4.